The fraction of sp³-hybridized carbons (Fsp3) is 0.278. The van der Waals surface area contributed by atoms with Crippen LogP contribution in [-0.4, -0.2) is 22.5 Å². The summed E-state index contributed by atoms with van der Waals surface area (Å²) in [5.41, 5.74) is 1.18. The van der Waals surface area contributed by atoms with Crippen molar-refractivity contribution in [3.05, 3.63) is 71.3 Å². The molecule has 0 radical (unpaired) electrons. The Bertz CT molecular complexity index is 654. The van der Waals surface area contributed by atoms with Gasteiger partial charge in [-0.15, -0.1) is 0 Å². The van der Waals surface area contributed by atoms with Gasteiger partial charge in [0.2, 0.25) is 0 Å². The lowest BCUT2D eigenvalue weighted by molar-refractivity contribution is -0.140. The molecule has 0 bridgehead atoms. The number of halogens is 2. The second kappa shape index (κ2) is 8.68. The van der Waals surface area contributed by atoms with Crippen LogP contribution < -0.4 is 0 Å². The Morgan fingerprint density at radius 1 is 1.00 bits per heavy atom. The molecular weight excluding hydrogens is 334 g/mol. The summed E-state index contributed by atoms with van der Waals surface area (Å²) in [7, 11) is -1.63. The maximum Gasteiger partial charge on any atom is 0.318 e. The number of hydrogen-bond donors (Lipinski definition) is 0. The summed E-state index contributed by atoms with van der Waals surface area (Å²) in [5, 5.41) is -0.666. The molecule has 6 heteroatoms. The van der Waals surface area contributed by atoms with E-state index < -0.39 is 33.7 Å². The fourth-order valence-electron chi connectivity index (χ4n) is 2.23. The fourth-order valence-corrected chi connectivity index (χ4v) is 3.63. The molecule has 0 aliphatic rings. The van der Waals surface area contributed by atoms with Crippen molar-refractivity contribution in [1.29, 1.82) is 0 Å². The average Bonchev–Trinajstić information content (AvgIpc) is 2.56. The minimum absolute atomic E-state index is 0.272. The van der Waals surface area contributed by atoms with Crippen LogP contribution in [0.4, 0.5) is 8.78 Å². The second-order valence-electron chi connectivity index (χ2n) is 5.23. The first-order valence-electron chi connectivity index (χ1n) is 7.55. The van der Waals surface area contributed by atoms with Crippen LogP contribution in [0.25, 0.3) is 0 Å². The van der Waals surface area contributed by atoms with Crippen LogP contribution in [0, 0.1) is 11.6 Å². The molecule has 0 heterocycles. The van der Waals surface area contributed by atoms with E-state index in [0.29, 0.717) is 17.5 Å². The largest absolute Gasteiger partial charge is 0.465 e. The summed E-state index contributed by atoms with van der Waals surface area (Å²) in [6.07, 6.45) is 0.678. The molecule has 128 valence electrons. The van der Waals surface area contributed by atoms with Crippen molar-refractivity contribution in [3.63, 3.8) is 0 Å². The van der Waals surface area contributed by atoms with Gasteiger partial charge in [-0.05, 0) is 41.8 Å². The first kappa shape index (κ1) is 18.3. The molecule has 1 unspecified atom stereocenters. The molecule has 0 aliphatic carbocycles. The summed E-state index contributed by atoms with van der Waals surface area (Å²) in [4.78, 5) is 11.8. The Balaban J connectivity index is 2.28. The zero-order valence-corrected chi connectivity index (χ0v) is 14.0. The van der Waals surface area contributed by atoms with E-state index in [9.17, 15) is 17.8 Å². The third-order valence-corrected chi connectivity index (χ3v) is 4.93. The zero-order valence-electron chi connectivity index (χ0n) is 13.2. The van der Waals surface area contributed by atoms with Crippen molar-refractivity contribution in [3.8, 4) is 0 Å². The van der Waals surface area contributed by atoms with Gasteiger partial charge in [0.05, 0.1) is 11.9 Å². The molecule has 0 aromatic heterocycles. The number of ether oxygens (including phenoxy) is 1. The van der Waals surface area contributed by atoms with Crippen molar-refractivity contribution in [2.75, 3.05) is 12.4 Å². The van der Waals surface area contributed by atoms with Crippen LogP contribution in [0.15, 0.2) is 48.5 Å². The summed E-state index contributed by atoms with van der Waals surface area (Å²) in [6.45, 7) is 2.14. The third kappa shape index (κ3) is 4.96. The lowest BCUT2D eigenvalue weighted by Crippen LogP contribution is -2.20. The van der Waals surface area contributed by atoms with Crippen molar-refractivity contribution < 1.29 is 22.5 Å². The van der Waals surface area contributed by atoms with E-state index in [4.69, 9.17) is 4.74 Å². The summed E-state index contributed by atoms with van der Waals surface area (Å²) in [6, 6.07) is 11.1. The Hall–Kier alpha value is -2.08. The van der Waals surface area contributed by atoms with Gasteiger partial charge in [0.25, 0.3) is 0 Å². The lowest BCUT2D eigenvalue weighted by Gasteiger charge is -2.17. The molecule has 0 spiro atoms. The van der Waals surface area contributed by atoms with Crippen LogP contribution >= 0.6 is 0 Å². The first-order valence-corrected chi connectivity index (χ1v) is 8.93. The van der Waals surface area contributed by atoms with E-state index >= 15 is 0 Å². The van der Waals surface area contributed by atoms with E-state index in [1.165, 1.54) is 48.5 Å². The molecule has 0 amide bonds. The van der Waals surface area contributed by atoms with Crippen molar-refractivity contribution in [2.24, 2.45) is 0 Å². The van der Waals surface area contributed by atoms with Gasteiger partial charge in [-0.2, -0.15) is 0 Å². The topological polar surface area (TPSA) is 43.4 Å². The lowest BCUT2D eigenvalue weighted by atomic mass is 10.0. The van der Waals surface area contributed by atoms with E-state index in [1.54, 1.807) is 0 Å². The van der Waals surface area contributed by atoms with Crippen molar-refractivity contribution in [2.45, 2.75) is 18.6 Å². The Morgan fingerprint density at radius 2 is 1.46 bits per heavy atom. The minimum Gasteiger partial charge on any atom is -0.465 e. The summed E-state index contributed by atoms with van der Waals surface area (Å²) < 4.78 is 44.0. The molecule has 0 fully saturated rings. The first-order chi connectivity index (χ1) is 11.5. The maximum atomic E-state index is 13.2. The van der Waals surface area contributed by atoms with Crippen LogP contribution in [-0.2, 0) is 20.3 Å². The van der Waals surface area contributed by atoms with Gasteiger partial charge in [-0.1, -0.05) is 31.2 Å². The molecule has 0 N–H and O–H groups in total. The second-order valence-corrected chi connectivity index (χ2v) is 6.75. The van der Waals surface area contributed by atoms with E-state index in [-0.39, 0.29) is 12.4 Å². The number of carbonyl (C=O) groups is 1. The molecule has 1 atom stereocenters. The van der Waals surface area contributed by atoms with E-state index in [2.05, 4.69) is 0 Å². The van der Waals surface area contributed by atoms with Crippen LogP contribution in [0.2, 0.25) is 0 Å². The number of carbonyl (C=O) groups excluding carboxylic acids is 1. The Labute approximate surface area is 142 Å². The average molecular weight is 352 g/mol. The molecule has 2 rings (SSSR count). The normalized spacial score (nSPS) is 12.2. The monoisotopic (exact) mass is 352 g/mol. The highest BCUT2D eigenvalue weighted by Gasteiger charge is 2.24. The van der Waals surface area contributed by atoms with Crippen LogP contribution in [0.3, 0.4) is 0 Å². The highest BCUT2D eigenvalue weighted by atomic mass is 32.2. The number of esters is 1. The van der Waals surface area contributed by atoms with Gasteiger partial charge in [0.15, 0.2) is 0 Å². The summed E-state index contributed by atoms with van der Waals surface area (Å²) in [5.74, 6) is -1.65. The zero-order chi connectivity index (χ0) is 17.5. The molecule has 0 saturated heterocycles. The molecule has 24 heavy (non-hydrogen) atoms. The van der Waals surface area contributed by atoms with E-state index in [1.807, 2.05) is 6.92 Å². The SMILES string of the molecule is CCCOC(=O)CS(=O)C(c1ccc(F)cc1)c1ccc(F)cc1. The highest BCUT2D eigenvalue weighted by Crippen LogP contribution is 2.29. The quantitative estimate of drug-likeness (QED) is 0.713. The Morgan fingerprint density at radius 3 is 1.88 bits per heavy atom. The predicted molar refractivity (Wildman–Crippen MR) is 88.9 cm³/mol. The molecule has 2 aromatic carbocycles. The standard InChI is InChI=1S/C18H18F2O3S/c1-2-11-23-17(21)12-24(22)18(13-3-7-15(19)8-4-13)14-5-9-16(20)10-6-14/h3-10,18H,2,11-12H2,1H3. The van der Waals surface area contributed by atoms with E-state index in [0.717, 1.165) is 0 Å². The Kier molecular flexibility index (Phi) is 6.61. The molecule has 0 aliphatic heterocycles. The van der Waals surface area contributed by atoms with Crippen LogP contribution in [0.1, 0.15) is 29.7 Å². The number of benzene rings is 2. The van der Waals surface area contributed by atoms with Crippen LogP contribution in [0.5, 0.6) is 0 Å². The number of rotatable bonds is 7. The van der Waals surface area contributed by atoms with Crippen molar-refractivity contribution in [1.82, 2.24) is 0 Å². The highest BCUT2D eigenvalue weighted by molar-refractivity contribution is 7.86. The molecule has 0 saturated carbocycles. The minimum atomic E-state index is -1.63. The molecular formula is C18H18F2O3S. The molecule has 2 aromatic rings. The predicted octanol–water partition coefficient (Wildman–Crippen LogP) is 3.76. The van der Waals surface area contributed by atoms with Gasteiger partial charge in [0, 0.05) is 10.8 Å². The number of hydrogen-bond acceptors (Lipinski definition) is 3. The van der Waals surface area contributed by atoms with Gasteiger partial charge in [-0.3, -0.25) is 9.00 Å². The van der Waals surface area contributed by atoms with Crippen molar-refractivity contribution >= 4 is 16.8 Å². The maximum absolute atomic E-state index is 13.2. The van der Waals surface area contributed by atoms with Gasteiger partial charge in [-0.25, -0.2) is 8.78 Å². The van der Waals surface area contributed by atoms with Gasteiger partial charge < -0.3 is 4.74 Å². The summed E-state index contributed by atoms with van der Waals surface area (Å²) >= 11 is 0. The van der Waals surface area contributed by atoms with Gasteiger partial charge in [0.1, 0.15) is 17.4 Å². The molecule has 3 nitrogen and oxygen atoms in total. The smallest absolute Gasteiger partial charge is 0.318 e. The van der Waals surface area contributed by atoms with Gasteiger partial charge >= 0.3 is 5.97 Å². The third-order valence-electron chi connectivity index (χ3n) is 3.34.